The van der Waals surface area contributed by atoms with Gasteiger partial charge in [-0.05, 0) is 68.8 Å². The molecule has 3 nitrogen and oxygen atoms in total. The number of hydrogen-bond donors (Lipinski definition) is 1. The number of benzene rings is 2. The van der Waals surface area contributed by atoms with Gasteiger partial charge >= 0.3 is 0 Å². The minimum atomic E-state index is -0.0209. The van der Waals surface area contributed by atoms with E-state index < -0.39 is 0 Å². The second-order valence-electron chi connectivity index (χ2n) is 5.52. The molecule has 0 saturated carbocycles. The summed E-state index contributed by atoms with van der Waals surface area (Å²) in [5.41, 5.74) is 4.05. The summed E-state index contributed by atoms with van der Waals surface area (Å²) in [5, 5.41) is 3.20. The van der Waals surface area contributed by atoms with E-state index in [1.165, 1.54) is 5.69 Å². The van der Waals surface area contributed by atoms with E-state index >= 15 is 0 Å². The predicted molar refractivity (Wildman–Crippen MR) is 106 cm³/mol. The number of hydrogen-bond acceptors (Lipinski definition) is 3. The molecule has 0 amide bonds. The van der Waals surface area contributed by atoms with Crippen molar-refractivity contribution in [2.45, 2.75) is 20.8 Å². The Hall–Kier alpha value is -2.07. The van der Waals surface area contributed by atoms with E-state index in [2.05, 4.69) is 65.1 Å². The fourth-order valence-electron chi connectivity index (χ4n) is 2.51. The maximum absolute atomic E-state index is 12.1. The first-order valence-corrected chi connectivity index (χ1v) is 8.93. The zero-order chi connectivity index (χ0) is 17.5. The summed E-state index contributed by atoms with van der Waals surface area (Å²) in [5.74, 6) is -0.0209. The molecule has 4 heteroatoms. The van der Waals surface area contributed by atoms with E-state index in [-0.39, 0.29) is 5.78 Å². The molecule has 24 heavy (non-hydrogen) atoms. The van der Waals surface area contributed by atoms with Crippen molar-refractivity contribution in [2.75, 3.05) is 23.3 Å². The molecule has 0 aromatic heterocycles. The number of nitrogens with one attached hydrogen (secondary N) is 1. The number of allylic oxidation sites excluding steroid dienone is 1. The van der Waals surface area contributed by atoms with E-state index in [4.69, 9.17) is 0 Å². The topological polar surface area (TPSA) is 32.3 Å². The van der Waals surface area contributed by atoms with Crippen LogP contribution in [-0.2, 0) is 0 Å². The van der Waals surface area contributed by atoms with Crippen LogP contribution in [0.15, 0.2) is 59.2 Å². The van der Waals surface area contributed by atoms with E-state index in [9.17, 15) is 4.79 Å². The number of halogens is 1. The summed E-state index contributed by atoms with van der Waals surface area (Å²) in [7, 11) is 0. The molecule has 0 aliphatic rings. The molecule has 126 valence electrons. The van der Waals surface area contributed by atoms with Crippen LogP contribution in [-0.4, -0.2) is 18.9 Å². The first-order chi connectivity index (χ1) is 11.5. The van der Waals surface area contributed by atoms with Crippen LogP contribution in [0.1, 0.15) is 29.8 Å². The lowest BCUT2D eigenvalue weighted by atomic mass is 10.1. The van der Waals surface area contributed by atoms with Crippen LogP contribution in [0.3, 0.4) is 0 Å². The minimum Gasteiger partial charge on any atom is -0.372 e. The van der Waals surface area contributed by atoms with Gasteiger partial charge in [-0.1, -0.05) is 15.9 Å². The molecule has 0 atom stereocenters. The van der Waals surface area contributed by atoms with Gasteiger partial charge in [0.15, 0.2) is 5.78 Å². The number of carbonyl (C=O) groups is 1. The molecule has 0 aliphatic carbocycles. The van der Waals surface area contributed by atoms with Crippen LogP contribution in [0.25, 0.3) is 0 Å². The highest BCUT2D eigenvalue weighted by molar-refractivity contribution is 9.10. The van der Waals surface area contributed by atoms with Gasteiger partial charge in [-0.25, -0.2) is 0 Å². The van der Waals surface area contributed by atoms with Gasteiger partial charge in [0, 0.05) is 46.8 Å². The van der Waals surface area contributed by atoms with Crippen LogP contribution in [0.5, 0.6) is 0 Å². The average molecular weight is 387 g/mol. The lowest BCUT2D eigenvalue weighted by Gasteiger charge is -2.22. The van der Waals surface area contributed by atoms with Gasteiger partial charge in [0.2, 0.25) is 0 Å². The van der Waals surface area contributed by atoms with Crippen LogP contribution in [0, 0.1) is 6.92 Å². The van der Waals surface area contributed by atoms with Crippen molar-refractivity contribution < 1.29 is 4.79 Å². The number of nitrogens with zero attached hydrogens (tertiary/aromatic N) is 1. The molecular formula is C20H23BrN2O. The second kappa shape index (κ2) is 8.69. The molecule has 2 aromatic rings. The number of aryl methyl sites for hydroxylation is 1. The molecule has 2 rings (SSSR count). The third-order valence-electron chi connectivity index (χ3n) is 3.94. The predicted octanol–water partition coefficient (Wildman–Crippen LogP) is 5.41. The Morgan fingerprint density at radius 1 is 1.12 bits per heavy atom. The fourth-order valence-corrected chi connectivity index (χ4v) is 2.78. The molecule has 0 radical (unpaired) electrons. The van der Waals surface area contributed by atoms with Crippen LogP contribution >= 0.6 is 15.9 Å². The van der Waals surface area contributed by atoms with Gasteiger partial charge in [0.05, 0.1) is 0 Å². The van der Waals surface area contributed by atoms with Gasteiger partial charge in [-0.3, -0.25) is 4.79 Å². The van der Waals surface area contributed by atoms with Gasteiger partial charge in [-0.15, -0.1) is 0 Å². The molecule has 2 aromatic carbocycles. The summed E-state index contributed by atoms with van der Waals surface area (Å²) in [4.78, 5) is 14.4. The summed E-state index contributed by atoms with van der Waals surface area (Å²) >= 11 is 3.37. The minimum absolute atomic E-state index is 0.0209. The highest BCUT2D eigenvalue weighted by Gasteiger charge is 2.05. The van der Waals surface area contributed by atoms with E-state index in [1.807, 2.05) is 12.1 Å². The zero-order valence-corrected chi connectivity index (χ0v) is 15.9. The molecule has 0 fully saturated rings. The summed E-state index contributed by atoms with van der Waals surface area (Å²) in [6.45, 7) is 8.36. The lowest BCUT2D eigenvalue weighted by molar-refractivity contribution is 0.104. The third kappa shape index (κ3) is 4.71. The molecular weight excluding hydrogens is 364 g/mol. The van der Waals surface area contributed by atoms with Gasteiger partial charge in [0.1, 0.15) is 0 Å². The highest BCUT2D eigenvalue weighted by Crippen LogP contribution is 2.22. The first-order valence-electron chi connectivity index (χ1n) is 8.13. The number of anilines is 2. The largest absolute Gasteiger partial charge is 0.372 e. The quantitative estimate of drug-likeness (QED) is 0.509. The molecule has 0 spiro atoms. The van der Waals surface area contributed by atoms with Crippen molar-refractivity contribution in [3.05, 3.63) is 70.3 Å². The van der Waals surface area contributed by atoms with Crippen molar-refractivity contribution in [2.24, 2.45) is 0 Å². The highest BCUT2D eigenvalue weighted by atomic mass is 79.9. The summed E-state index contributed by atoms with van der Waals surface area (Å²) < 4.78 is 0.963. The van der Waals surface area contributed by atoms with E-state index in [0.717, 1.165) is 28.8 Å². The Morgan fingerprint density at radius 3 is 2.38 bits per heavy atom. The average Bonchev–Trinajstić information content (AvgIpc) is 2.58. The van der Waals surface area contributed by atoms with Gasteiger partial charge in [0.25, 0.3) is 0 Å². The SMILES string of the molecule is CCN(CC)c1ccc(N/C=C/C(=O)c2ccc(Br)cc2)c(C)c1. The van der Waals surface area contributed by atoms with Gasteiger partial charge in [-0.2, -0.15) is 0 Å². The Morgan fingerprint density at radius 2 is 1.79 bits per heavy atom. The summed E-state index contributed by atoms with van der Waals surface area (Å²) in [6, 6.07) is 13.7. The summed E-state index contributed by atoms with van der Waals surface area (Å²) in [6.07, 6.45) is 3.25. The molecule has 0 heterocycles. The maximum Gasteiger partial charge on any atom is 0.187 e. The van der Waals surface area contributed by atoms with Crippen molar-refractivity contribution in [1.29, 1.82) is 0 Å². The maximum atomic E-state index is 12.1. The standard InChI is InChI=1S/C20H23BrN2O/c1-4-23(5-2)18-10-11-19(15(3)14-18)22-13-12-20(24)16-6-8-17(21)9-7-16/h6-14,22H,4-5H2,1-3H3/b13-12+. The third-order valence-corrected chi connectivity index (χ3v) is 4.47. The number of carbonyl (C=O) groups excluding carboxylic acids is 1. The van der Waals surface area contributed by atoms with Crippen molar-refractivity contribution >= 4 is 33.1 Å². The first kappa shape index (κ1) is 18.3. The number of rotatable bonds is 7. The van der Waals surface area contributed by atoms with Crippen LogP contribution in [0.2, 0.25) is 0 Å². The van der Waals surface area contributed by atoms with Crippen LogP contribution in [0.4, 0.5) is 11.4 Å². The Kier molecular flexibility index (Phi) is 6.62. The van der Waals surface area contributed by atoms with Crippen LogP contribution < -0.4 is 10.2 Å². The molecule has 0 aliphatic heterocycles. The van der Waals surface area contributed by atoms with Crippen molar-refractivity contribution in [1.82, 2.24) is 0 Å². The Bertz CT molecular complexity index is 719. The molecule has 1 N–H and O–H groups in total. The molecule has 0 unspecified atom stereocenters. The Labute approximate surface area is 152 Å². The van der Waals surface area contributed by atoms with Crippen molar-refractivity contribution in [3.8, 4) is 0 Å². The second-order valence-corrected chi connectivity index (χ2v) is 6.44. The van der Waals surface area contributed by atoms with E-state index in [1.54, 1.807) is 24.4 Å². The Balaban J connectivity index is 2.03. The van der Waals surface area contributed by atoms with Crippen molar-refractivity contribution in [3.63, 3.8) is 0 Å². The van der Waals surface area contributed by atoms with Gasteiger partial charge < -0.3 is 10.2 Å². The van der Waals surface area contributed by atoms with E-state index in [0.29, 0.717) is 5.56 Å². The smallest absolute Gasteiger partial charge is 0.187 e. The zero-order valence-electron chi connectivity index (χ0n) is 14.3. The molecule has 0 bridgehead atoms. The monoisotopic (exact) mass is 386 g/mol. The fraction of sp³-hybridized carbons (Fsp3) is 0.250. The number of ketones is 1. The molecule has 0 saturated heterocycles. The lowest BCUT2D eigenvalue weighted by Crippen LogP contribution is -2.21. The normalized spacial score (nSPS) is 10.8.